The molecule has 9 heteroatoms. The van der Waals surface area contributed by atoms with Gasteiger partial charge in [-0.1, -0.05) is 11.2 Å². The second kappa shape index (κ2) is 7.08. The lowest BCUT2D eigenvalue weighted by atomic mass is 9.99. The van der Waals surface area contributed by atoms with Crippen LogP contribution in [0.4, 0.5) is 10.5 Å². The van der Waals surface area contributed by atoms with Crippen molar-refractivity contribution >= 4 is 21.7 Å². The molecule has 140 valence electrons. The van der Waals surface area contributed by atoms with Gasteiger partial charge >= 0.3 is 6.03 Å². The van der Waals surface area contributed by atoms with Crippen LogP contribution >= 0.6 is 0 Å². The molecule has 1 aliphatic rings. The van der Waals surface area contributed by atoms with Crippen molar-refractivity contribution in [3.05, 3.63) is 41.3 Å². The fraction of sp³-hybridized carbons (Fsp3) is 0.412. The first-order chi connectivity index (χ1) is 12.3. The van der Waals surface area contributed by atoms with Crippen molar-refractivity contribution in [2.75, 3.05) is 11.9 Å². The van der Waals surface area contributed by atoms with Gasteiger partial charge in [-0.05, 0) is 50.8 Å². The number of hydrogen-bond donors (Lipinski definition) is 2. The van der Waals surface area contributed by atoms with E-state index in [0.29, 0.717) is 18.0 Å². The van der Waals surface area contributed by atoms with Crippen molar-refractivity contribution in [3.8, 4) is 0 Å². The fourth-order valence-electron chi connectivity index (χ4n) is 3.12. The van der Waals surface area contributed by atoms with Gasteiger partial charge in [-0.25, -0.2) is 18.4 Å². The summed E-state index contributed by atoms with van der Waals surface area (Å²) in [5, 5.41) is 12.0. The summed E-state index contributed by atoms with van der Waals surface area (Å²) in [6.45, 7) is 4.19. The maximum Gasteiger partial charge on any atom is 0.322 e. The number of nitrogens with one attached hydrogen (secondary N) is 1. The minimum absolute atomic E-state index is 0.0410. The van der Waals surface area contributed by atoms with Crippen molar-refractivity contribution in [3.63, 3.8) is 0 Å². The van der Waals surface area contributed by atoms with E-state index < -0.39 is 10.0 Å². The molecule has 1 fully saturated rings. The number of aromatic nitrogens is 1. The molecule has 8 nitrogen and oxygen atoms in total. The van der Waals surface area contributed by atoms with Gasteiger partial charge in [0.05, 0.1) is 10.9 Å². The Hall–Kier alpha value is -2.39. The number of carbonyl (C=O) groups excluding carboxylic acids is 1. The number of anilines is 1. The number of piperidine rings is 1. The van der Waals surface area contributed by atoms with E-state index in [1.807, 2.05) is 13.0 Å². The number of likely N-dealkylation sites (tertiary alicyclic amines) is 1. The topological polar surface area (TPSA) is 119 Å². The van der Waals surface area contributed by atoms with Crippen LogP contribution in [-0.4, -0.2) is 31.1 Å². The number of primary sulfonamides is 1. The molecule has 1 aromatic carbocycles. The zero-order valence-corrected chi connectivity index (χ0v) is 15.5. The van der Waals surface area contributed by atoms with E-state index in [-0.39, 0.29) is 17.0 Å². The van der Waals surface area contributed by atoms with E-state index in [9.17, 15) is 13.2 Å². The van der Waals surface area contributed by atoms with E-state index >= 15 is 0 Å². The SMILES string of the molecule is Cc1cc(C2CCCCN2C(=O)Nc2cc(S(N)(=O)=O)ccc2C)no1. The van der Waals surface area contributed by atoms with Crippen LogP contribution in [0.25, 0.3) is 0 Å². The Morgan fingerprint density at radius 2 is 2.08 bits per heavy atom. The predicted molar refractivity (Wildman–Crippen MR) is 96.1 cm³/mol. The van der Waals surface area contributed by atoms with E-state index in [1.54, 1.807) is 17.9 Å². The number of rotatable bonds is 3. The normalized spacial score (nSPS) is 18.0. The molecule has 2 heterocycles. The maximum atomic E-state index is 12.8. The number of sulfonamides is 1. The lowest BCUT2D eigenvalue weighted by Gasteiger charge is -2.34. The summed E-state index contributed by atoms with van der Waals surface area (Å²) < 4.78 is 28.3. The molecule has 0 radical (unpaired) electrons. The van der Waals surface area contributed by atoms with Gasteiger partial charge in [0.15, 0.2) is 0 Å². The minimum Gasteiger partial charge on any atom is -0.361 e. The molecule has 2 aromatic rings. The van der Waals surface area contributed by atoms with Crippen molar-refractivity contribution < 1.29 is 17.7 Å². The van der Waals surface area contributed by atoms with Gasteiger partial charge in [-0.2, -0.15) is 0 Å². The Labute approximate surface area is 152 Å². The van der Waals surface area contributed by atoms with E-state index in [2.05, 4.69) is 10.5 Å². The Morgan fingerprint density at radius 3 is 2.73 bits per heavy atom. The molecule has 1 atom stereocenters. The molecule has 0 saturated carbocycles. The second-order valence-corrected chi connectivity index (χ2v) is 8.08. The molecule has 3 N–H and O–H groups in total. The largest absolute Gasteiger partial charge is 0.361 e. The van der Waals surface area contributed by atoms with Crippen LogP contribution in [-0.2, 0) is 10.0 Å². The highest BCUT2D eigenvalue weighted by atomic mass is 32.2. The zero-order valence-electron chi connectivity index (χ0n) is 14.7. The third-order valence-electron chi connectivity index (χ3n) is 4.53. The number of hydrogen-bond acceptors (Lipinski definition) is 5. The Morgan fingerprint density at radius 1 is 1.31 bits per heavy atom. The molecular weight excluding hydrogens is 356 g/mol. The summed E-state index contributed by atoms with van der Waals surface area (Å²) in [6, 6.07) is 5.78. The lowest BCUT2D eigenvalue weighted by Crippen LogP contribution is -2.41. The van der Waals surface area contributed by atoms with Gasteiger partial charge in [0, 0.05) is 18.3 Å². The highest BCUT2D eigenvalue weighted by Crippen LogP contribution is 2.31. The third kappa shape index (κ3) is 3.88. The molecule has 26 heavy (non-hydrogen) atoms. The highest BCUT2D eigenvalue weighted by molar-refractivity contribution is 7.89. The van der Waals surface area contributed by atoms with Crippen LogP contribution in [0.2, 0.25) is 0 Å². The summed E-state index contributed by atoms with van der Waals surface area (Å²) in [4.78, 5) is 14.5. The summed E-state index contributed by atoms with van der Waals surface area (Å²) in [5.41, 5.74) is 1.89. The molecular formula is C17H22N4O4S. The Balaban J connectivity index is 1.84. The van der Waals surface area contributed by atoms with Gasteiger partial charge in [-0.3, -0.25) is 0 Å². The first-order valence-electron chi connectivity index (χ1n) is 8.40. The number of amides is 2. The van der Waals surface area contributed by atoms with E-state index in [1.165, 1.54) is 12.1 Å². The molecule has 1 saturated heterocycles. The molecule has 1 aromatic heterocycles. The van der Waals surface area contributed by atoms with Crippen LogP contribution in [0, 0.1) is 13.8 Å². The van der Waals surface area contributed by atoms with Gasteiger partial charge < -0.3 is 14.7 Å². The number of aryl methyl sites for hydroxylation is 2. The number of carbonyl (C=O) groups is 1. The highest BCUT2D eigenvalue weighted by Gasteiger charge is 2.30. The average molecular weight is 378 g/mol. The molecule has 3 rings (SSSR count). The summed E-state index contributed by atoms with van der Waals surface area (Å²) in [7, 11) is -3.84. The summed E-state index contributed by atoms with van der Waals surface area (Å²) in [5.74, 6) is 0.697. The Kier molecular flexibility index (Phi) is 5.01. The molecule has 1 unspecified atom stereocenters. The molecule has 0 aliphatic carbocycles. The smallest absolute Gasteiger partial charge is 0.322 e. The van der Waals surface area contributed by atoms with Crippen LogP contribution in [0.5, 0.6) is 0 Å². The van der Waals surface area contributed by atoms with Gasteiger partial charge in [0.1, 0.15) is 11.5 Å². The van der Waals surface area contributed by atoms with Gasteiger partial charge in [-0.15, -0.1) is 0 Å². The lowest BCUT2D eigenvalue weighted by molar-refractivity contribution is 0.159. The fourth-order valence-corrected chi connectivity index (χ4v) is 3.66. The summed E-state index contributed by atoms with van der Waals surface area (Å²) in [6.07, 6.45) is 2.70. The van der Waals surface area contributed by atoms with Crippen LogP contribution < -0.4 is 10.5 Å². The molecule has 0 bridgehead atoms. The number of nitrogens with two attached hydrogens (primary N) is 1. The Bertz CT molecular complexity index is 923. The second-order valence-electron chi connectivity index (χ2n) is 6.52. The molecule has 0 spiro atoms. The van der Waals surface area contributed by atoms with Crippen molar-refractivity contribution in [2.45, 2.75) is 44.0 Å². The summed E-state index contributed by atoms with van der Waals surface area (Å²) >= 11 is 0. The minimum atomic E-state index is -3.84. The standard InChI is InChI=1S/C17H22N4O4S/c1-11-6-7-13(26(18,23)24)10-14(11)19-17(22)21-8-4-3-5-16(21)15-9-12(2)25-20-15/h6-7,9-10,16H,3-5,8H2,1-2H3,(H,19,22)(H2,18,23,24). The van der Waals surface area contributed by atoms with Crippen LogP contribution in [0.3, 0.4) is 0 Å². The average Bonchev–Trinajstić information content (AvgIpc) is 3.02. The number of benzene rings is 1. The predicted octanol–water partition coefficient (Wildman–Crippen LogP) is 2.70. The van der Waals surface area contributed by atoms with E-state index in [0.717, 1.165) is 30.5 Å². The zero-order chi connectivity index (χ0) is 18.9. The first kappa shape index (κ1) is 18.4. The van der Waals surface area contributed by atoms with Gasteiger partial charge in [0.2, 0.25) is 10.0 Å². The van der Waals surface area contributed by atoms with Crippen LogP contribution in [0.1, 0.15) is 42.3 Å². The van der Waals surface area contributed by atoms with Crippen molar-refractivity contribution in [1.82, 2.24) is 10.1 Å². The van der Waals surface area contributed by atoms with Crippen molar-refractivity contribution in [2.24, 2.45) is 5.14 Å². The van der Waals surface area contributed by atoms with E-state index in [4.69, 9.17) is 9.66 Å². The van der Waals surface area contributed by atoms with Crippen molar-refractivity contribution in [1.29, 1.82) is 0 Å². The van der Waals surface area contributed by atoms with Crippen LogP contribution in [0.15, 0.2) is 33.7 Å². The monoisotopic (exact) mass is 378 g/mol. The van der Waals surface area contributed by atoms with Gasteiger partial charge in [0.25, 0.3) is 0 Å². The maximum absolute atomic E-state index is 12.8. The first-order valence-corrected chi connectivity index (χ1v) is 9.94. The number of nitrogens with zero attached hydrogens (tertiary/aromatic N) is 2. The number of urea groups is 1. The third-order valence-corrected chi connectivity index (χ3v) is 5.44. The molecule has 1 aliphatic heterocycles. The quantitative estimate of drug-likeness (QED) is 0.851. The molecule has 2 amide bonds.